The Kier molecular flexibility index (Phi) is 5.84. The lowest BCUT2D eigenvalue weighted by Crippen LogP contribution is -2.37. The minimum absolute atomic E-state index is 0.271. The van der Waals surface area contributed by atoms with Gasteiger partial charge in [0, 0.05) is 18.9 Å². The molecule has 0 radical (unpaired) electrons. The molecule has 0 aromatic carbocycles. The highest BCUT2D eigenvalue weighted by atomic mass is 16.7. The van der Waals surface area contributed by atoms with E-state index in [2.05, 4.69) is 18.0 Å². The second kappa shape index (κ2) is 6.84. The molecule has 0 atom stereocenters. The SMILES string of the molecule is C=CC(=O)ON(C(=C)C(N)=O)C(=O)CCC(N)=O. The van der Waals surface area contributed by atoms with Crippen LogP contribution in [0.5, 0.6) is 0 Å². The molecule has 0 aliphatic carbocycles. The molecule has 0 aliphatic rings. The summed E-state index contributed by atoms with van der Waals surface area (Å²) in [7, 11) is 0. The van der Waals surface area contributed by atoms with Crippen molar-refractivity contribution in [2.24, 2.45) is 11.5 Å². The molecule has 8 nitrogen and oxygen atoms in total. The zero-order valence-corrected chi connectivity index (χ0v) is 9.55. The van der Waals surface area contributed by atoms with E-state index < -0.39 is 29.4 Å². The Labute approximate surface area is 103 Å². The number of hydrogen-bond acceptors (Lipinski definition) is 5. The summed E-state index contributed by atoms with van der Waals surface area (Å²) in [6, 6.07) is 0. The number of carbonyl (C=O) groups excluding carboxylic acids is 4. The monoisotopic (exact) mass is 255 g/mol. The molecule has 18 heavy (non-hydrogen) atoms. The van der Waals surface area contributed by atoms with Crippen molar-refractivity contribution in [1.82, 2.24) is 5.06 Å². The van der Waals surface area contributed by atoms with E-state index in [0.717, 1.165) is 6.08 Å². The molecule has 3 amide bonds. The van der Waals surface area contributed by atoms with Crippen molar-refractivity contribution in [2.75, 3.05) is 0 Å². The fraction of sp³-hybridized carbons (Fsp3) is 0.200. The van der Waals surface area contributed by atoms with Crippen molar-refractivity contribution >= 4 is 23.7 Å². The van der Waals surface area contributed by atoms with Gasteiger partial charge < -0.3 is 16.3 Å². The maximum atomic E-state index is 11.6. The molecular formula is C10H13N3O5. The number of primary amides is 2. The Morgan fingerprint density at radius 3 is 2.11 bits per heavy atom. The Morgan fingerprint density at radius 2 is 1.72 bits per heavy atom. The maximum Gasteiger partial charge on any atom is 0.356 e. The third kappa shape index (κ3) is 4.92. The van der Waals surface area contributed by atoms with Crippen LogP contribution in [-0.2, 0) is 24.0 Å². The lowest BCUT2D eigenvalue weighted by Gasteiger charge is -2.20. The van der Waals surface area contributed by atoms with Gasteiger partial charge in [-0.1, -0.05) is 13.2 Å². The third-order valence-corrected chi connectivity index (χ3v) is 1.69. The second-order valence-corrected chi connectivity index (χ2v) is 3.08. The molecule has 0 aromatic rings. The van der Waals surface area contributed by atoms with Gasteiger partial charge in [-0.15, -0.1) is 5.06 Å². The molecule has 0 heterocycles. The van der Waals surface area contributed by atoms with Crippen molar-refractivity contribution in [1.29, 1.82) is 0 Å². The van der Waals surface area contributed by atoms with Gasteiger partial charge in [-0.2, -0.15) is 0 Å². The Hall–Kier alpha value is -2.64. The van der Waals surface area contributed by atoms with Crippen LogP contribution in [0.25, 0.3) is 0 Å². The van der Waals surface area contributed by atoms with Gasteiger partial charge in [0.25, 0.3) is 11.8 Å². The van der Waals surface area contributed by atoms with Crippen molar-refractivity contribution in [3.05, 3.63) is 24.9 Å². The smallest absolute Gasteiger partial charge is 0.356 e. The van der Waals surface area contributed by atoms with E-state index in [9.17, 15) is 19.2 Å². The van der Waals surface area contributed by atoms with Gasteiger partial charge >= 0.3 is 5.97 Å². The minimum Gasteiger partial charge on any atom is -0.370 e. The fourth-order valence-corrected chi connectivity index (χ4v) is 0.816. The highest BCUT2D eigenvalue weighted by Gasteiger charge is 2.24. The summed E-state index contributed by atoms with van der Waals surface area (Å²) in [5.41, 5.74) is 9.22. The van der Waals surface area contributed by atoms with E-state index in [4.69, 9.17) is 11.5 Å². The van der Waals surface area contributed by atoms with Crippen LogP contribution in [0.3, 0.4) is 0 Å². The number of nitrogens with zero attached hydrogens (tertiary/aromatic N) is 1. The minimum atomic E-state index is -1.06. The molecule has 0 rings (SSSR count). The fourth-order valence-electron chi connectivity index (χ4n) is 0.816. The third-order valence-electron chi connectivity index (χ3n) is 1.69. The van der Waals surface area contributed by atoms with Crippen LogP contribution >= 0.6 is 0 Å². The van der Waals surface area contributed by atoms with Gasteiger partial charge in [-0.05, 0) is 0 Å². The molecule has 0 saturated heterocycles. The molecule has 0 unspecified atom stereocenters. The standard InChI is InChI=1S/C10H13N3O5/c1-3-9(16)18-13(6(2)10(12)17)8(15)5-4-7(11)14/h3H,1-2,4-5H2,(H2,11,14)(H2,12,17). The van der Waals surface area contributed by atoms with E-state index in [-0.39, 0.29) is 12.8 Å². The van der Waals surface area contributed by atoms with Crippen molar-refractivity contribution in [3.8, 4) is 0 Å². The average Bonchev–Trinajstić information content (AvgIpc) is 2.31. The summed E-state index contributed by atoms with van der Waals surface area (Å²) in [6.07, 6.45) is 0.154. The first-order valence-corrected chi connectivity index (χ1v) is 4.74. The molecule has 8 heteroatoms. The van der Waals surface area contributed by atoms with Crippen molar-refractivity contribution < 1.29 is 24.0 Å². The average molecular weight is 255 g/mol. The molecule has 0 bridgehead atoms. The van der Waals surface area contributed by atoms with E-state index >= 15 is 0 Å². The van der Waals surface area contributed by atoms with Crippen LogP contribution in [0.2, 0.25) is 0 Å². The van der Waals surface area contributed by atoms with Gasteiger partial charge in [0.05, 0.1) is 0 Å². The number of carbonyl (C=O) groups is 4. The number of hydroxylamine groups is 2. The Bertz CT molecular complexity index is 416. The lowest BCUT2D eigenvalue weighted by molar-refractivity contribution is -0.186. The summed E-state index contributed by atoms with van der Waals surface area (Å²) in [5, 5.41) is 0.315. The summed E-state index contributed by atoms with van der Waals surface area (Å²) < 4.78 is 0. The number of amides is 3. The van der Waals surface area contributed by atoms with Crippen molar-refractivity contribution in [3.63, 3.8) is 0 Å². The van der Waals surface area contributed by atoms with Gasteiger partial charge in [0.1, 0.15) is 5.70 Å². The first-order chi connectivity index (χ1) is 8.29. The lowest BCUT2D eigenvalue weighted by atomic mass is 10.2. The topological polar surface area (TPSA) is 133 Å². The first kappa shape index (κ1) is 15.4. The summed E-state index contributed by atoms with van der Waals surface area (Å²) in [4.78, 5) is 48.4. The Balaban J connectivity index is 4.85. The largest absolute Gasteiger partial charge is 0.370 e. The molecule has 4 N–H and O–H groups in total. The molecule has 98 valence electrons. The predicted molar refractivity (Wildman–Crippen MR) is 59.9 cm³/mol. The van der Waals surface area contributed by atoms with Gasteiger partial charge in [-0.3, -0.25) is 14.4 Å². The van der Waals surface area contributed by atoms with E-state index in [0.29, 0.717) is 5.06 Å². The zero-order valence-electron chi connectivity index (χ0n) is 9.55. The first-order valence-electron chi connectivity index (χ1n) is 4.74. The van der Waals surface area contributed by atoms with E-state index in [1.807, 2.05) is 0 Å². The number of rotatable bonds is 6. The Morgan fingerprint density at radius 1 is 1.17 bits per heavy atom. The van der Waals surface area contributed by atoms with Crippen LogP contribution in [0.4, 0.5) is 0 Å². The number of nitrogens with two attached hydrogens (primary N) is 2. The molecule has 0 aromatic heterocycles. The van der Waals surface area contributed by atoms with Crippen LogP contribution < -0.4 is 11.5 Å². The highest BCUT2D eigenvalue weighted by molar-refractivity contribution is 5.96. The maximum absolute atomic E-state index is 11.6. The van der Waals surface area contributed by atoms with E-state index in [1.54, 1.807) is 0 Å². The molecule has 0 saturated carbocycles. The van der Waals surface area contributed by atoms with Crippen molar-refractivity contribution in [2.45, 2.75) is 12.8 Å². The second-order valence-electron chi connectivity index (χ2n) is 3.08. The molecule has 0 aliphatic heterocycles. The highest BCUT2D eigenvalue weighted by Crippen LogP contribution is 2.07. The molecular weight excluding hydrogens is 242 g/mol. The molecule has 0 fully saturated rings. The summed E-state index contributed by atoms with van der Waals surface area (Å²) >= 11 is 0. The van der Waals surface area contributed by atoms with Crippen LogP contribution in [0.1, 0.15) is 12.8 Å². The normalized spacial score (nSPS) is 9.11. The van der Waals surface area contributed by atoms with Crippen LogP contribution in [0, 0.1) is 0 Å². The predicted octanol–water partition coefficient (Wildman–Crippen LogP) is -1.28. The van der Waals surface area contributed by atoms with Crippen LogP contribution in [-0.4, -0.2) is 28.8 Å². The summed E-state index contributed by atoms with van der Waals surface area (Å²) in [5.74, 6) is -3.61. The quantitative estimate of drug-likeness (QED) is 0.450. The van der Waals surface area contributed by atoms with Crippen LogP contribution in [0.15, 0.2) is 24.9 Å². The van der Waals surface area contributed by atoms with E-state index in [1.165, 1.54) is 0 Å². The van der Waals surface area contributed by atoms with Gasteiger partial charge in [-0.25, -0.2) is 4.79 Å². The number of hydrogen-bond donors (Lipinski definition) is 2. The zero-order chi connectivity index (χ0) is 14.3. The molecule has 0 spiro atoms. The summed E-state index contributed by atoms with van der Waals surface area (Å²) in [6.45, 7) is 6.31. The van der Waals surface area contributed by atoms with Gasteiger partial charge in [0.2, 0.25) is 5.91 Å². The van der Waals surface area contributed by atoms with Gasteiger partial charge in [0.15, 0.2) is 0 Å².